The molecule has 2 aromatic carbocycles. The van der Waals surface area contributed by atoms with Crippen LogP contribution in [0.3, 0.4) is 0 Å². The Kier molecular flexibility index (Phi) is 7.91. The summed E-state index contributed by atoms with van der Waals surface area (Å²) in [4.78, 5) is 0. The molecule has 0 saturated heterocycles. The van der Waals surface area contributed by atoms with Gasteiger partial charge in [0.15, 0.2) is 16.6 Å². The number of hydrogen-bond acceptors (Lipinski definition) is 4. The minimum atomic E-state index is 0.116. The van der Waals surface area contributed by atoms with E-state index in [2.05, 4.69) is 49.0 Å². The monoisotopic (exact) mass is 533 g/mol. The Balaban J connectivity index is 2.19. The van der Waals surface area contributed by atoms with Gasteiger partial charge in [0.2, 0.25) is 0 Å². The molecule has 0 fully saturated rings. The second-order valence-corrected chi connectivity index (χ2v) is 7.43. The molecule has 0 bridgehead atoms. The first kappa shape index (κ1) is 19.9. The third kappa shape index (κ3) is 6.44. The van der Waals surface area contributed by atoms with E-state index in [1.165, 1.54) is 0 Å². The molecule has 3 N–H and O–H groups in total. The SMILES string of the molecule is CCOc1cc(/C=N\NC(N)=S)cc(I)c1OCc1ccc(Br)cc1. The summed E-state index contributed by atoms with van der Waals surface area (Å²) in [6.45, 7) is 2.93. The number of rotatable bonds is 7. The first-order valence-corrected chi connectivity index (χ1v) is 9.69. The molecule has 132 valence electrons. The topological polar surface area (TPSA) is 68.9 Å². The number of nitrogens with one attached hydrogen (secondary N) is 1. The molecule has 0 atom stereocenters. The molecule has 0 spiro atoms. The molecule has 25 heavy (non-hydrogen) atoms. The Morgan fingerprint density at radius 2 is 2.04 bits per heavy atom. The summed E-state index contributed by atoms with van der Waals surface area (Å²) >= 11 is 10.4. The molecule has 0 aliphatic rings. The van der Waals surface area contributed by atoms with E-state index in [9.17, 15) is 0 Å². The van der Waals surface area contributed by atoms with Crippen molar-refractivity contribution < 1.29 is 9.47 Å². The van der Waals surface area contributed by atoms with E-state index in [0.29, 0.717) is 24.7 Å². The van der Waals surface area contributed by atoms with Gasteiger partial charge in [-0.2, -0.15) is 5.10 Å². The predicted molar refractivity (Wildman–Crippen MR) is 116 cm³/mol. The van der Waals surface area contributed by atoms with Gasteiger partial charge in [-0.3, -0.25) is 5.43 Å². The fourth-order valence-corrected chi connectivity index (χ4v) is 3.07. The van der Waals surface area contributed by atoms with Gasteiger partial charge in [-0.25, -0.2) is 0 Å². The van der Waals surface area contributed by atoms with Crippen LogP contribution in [0.2, 0.25) is 0 Å². The minimum absolute atomic E-state index is 0.116. The van der Waals surface area contributed by atoms with Crippen molar-refractivity contribution in [3.63, 3.8) is 0 Å². The Labute approximate surface area is 174 Å². The molecular formula is C17H17BrIN3O2S. The van der Waals surface area contributed by atoms with Gasteiger partial charge in [-0.15, -0.1) is 0 Å². The number of hydrazone groups is 1. The molecule has 0 aliphatic heterocycles. The lowest BCUT2D eigenvalue weighted by atomic mass is 10.2. The quantitative estimate of drug-likeness (QED) is 0.242. The zero-order valence-corrected chi connectivity index (χ0v) is 18.0. The van der Waals surface area contributed by atoms with Crippen LogP contribution in [-0.2, 0) is 6.61 Å². The minimum Gasteiger partial charge on any atom is -0.490 e. The van der Waals surface area contributed by atoms with Gasteiger partial charge in [-0.05, 0) is 77.1 Å². The van der Waals surface area contributed by atoms with Crippen LogP contribution < -0.4 is 20.6 Å². The van der Waals surface area contributed by atoms with E-state index in [0.717, 1.165) is 19.2 Å². The highest BCUT2D eigenvalue weighted by atomic mass is 127. The lowest BCUT2D eigenvalue weighted by Gasteiger charge is -2.14. The largest absolute Gasteiger partial charge is 0.490 e. The molecule has 5 nitrogen and oxygen atoms in total. The Bertz CT molecular complexity index is 769. The number of benzene rings is 2. The molecule has 0 radical (unpaired) electrons. The zero-order chi connectivity index (χ0) is 18.2. The lowest BCUT2D eigenvalue weighted by molar-refractivity contribution is 0.267. The van der Waals surface area contributed by atoms with Gasteiger partial charge < -0.3 is 15.2 Å². The maximum Gasteiger partial charge on any atom is 0.184 e. The molecule has 2 rings (SSSR count). The average Bonchev–Trinajstić information content (AvgIpc) is 2.55. The fraction of sp³-hybridized carbons (Fsp3) is 0.176. The molecule has 0 aromatic heterocycles. The third-order valence-electron chi connectivity index (χ3n) is 3.02. The molecule has 0 saturated carbocycles. The number of nitrogens with zero attached hydrogens (tertiary/aromatic N) is 1. The van der Waals surface area contributed by atoms with Crippen molar-refractivity contribution >= 4 is 62.1 Å². The van der Waals surface area contributed by atoms with E-state index in [1.54, 1.807) is 6.21 Å². The van der Waals surface area contributed by atoms with Gasteiger partial charge in [0.05, 0.1) is 16.4 Å². The number of ether oxygens (including phenoxy) is 2. The van der Waals surface area contributed by atoms with Crippen molar-refractivity contribution in [2.24, 2.45) is 10.8 Å². The van der Waals surface area contributed by atoms with Crippen molar-refractivity contribution in [1.82, 2.24) is 5.43 Å². The molecule has 2 aromatic rings. The zero-order valence-electron chi connectivity index (χ0n) is 13.5. The van der Waals surface area contributed by atoms with Crippen LogP contribution in [0, 0.1) is 3.57 Å². The van der Waals surface area contributed by atoms with Crippen LogP contribution in [0.25, 0.3) is 0 Å². The predicted octanol–water partition coefficient (Wildman–Crippen LogP) is 4.20. The average molecular weight is 534 g/mol. The van der Waals surface area contributed by atoms with Crippen molar-refractivity contribution in [1.29, 1.82) is 0 Å². The lowest BCUT2D eigenvalue weighted by Crippen LogP contribution is -2.24. The summed E-state index contributed by atoms with van der Waals surface area (Å²) in [6.07, 6.45) is 1.63. The van der Waals surface area contributed by atoms with Crippen molar-refractivity contribution in [3.05, 3.63) is 55.6 Å². The number of nitrogens with two attached hydrogens (primary N) is 1. The Hall–Kier alpha value is -1.39. The summed E-state index contributed by atoms with van der Waals surface area (Å²) in [5, 5.41) is 4.09. The summed E-state index contributed by atoms with van der Waals surface area (Å²) in [5.41, 5.74) is 9.81. The third-order valence-corrected chi connectivity index (χ3v) is 4.44. The second-order valence-electron chi connectivity index (χ2n) is 4.91. The van der Waals surface area contributed by atoms with Crippen LogP contribution in [0.1, 0.15) is 18.1 Å². The summed E-state index contributed by atoms with van der Waals surface area (Å²) in [5.74, 6) is 1.38. The highest BCUT2D eigenvalue weighted by Crippen LogP contribution is 2.34. The maximum absolute atomic E-state index is 6.00. The van der Waals surface area contributed by atoms with E-state index >= 15 is 0 Å². The Morgan fingerprint density at radius 1 is 1.32 bits per heavy atom. The highest BCUT2D eigenvalue weighted by molar-refractivity contribution is 14.1. The van der Waals surface area contributed by atoms with Crippen molar-refractivity contribution in [3.8, 4) is 11.5 Å². The molecule has 0 aliphatic carbocycles. The van der Waals surface area contributed by atoms with E-state index < -0.39 is 0 Å². The van der Waals surface area contributed by atoms with Crippen LogP contribution in [0.4, 0.5) is 0 Å². The normalized spacial score (nSPS) is 10.7. The number of hydrogen-bond donors (Lipinski definition) is 2. The smallest absolute Gasteiger partial charge is 0.184 e. The molecule has 8 heteroatoms. The fourth-order valence-electron chi connectivity index (χ4n) is 1.97. The van der Waals surface area contributed by atoms with Gasteiger partial charge in [0, 0.05) is 4.47 Å². The molecule has 0 amide bonds. The number of thiocarbonyl (C=S) groups is 1. The maximum atomic E-state index is 6.00. The first-order chi connectivity index (χ1) is 12.0. The van der Waals surface area contributed by atoms with Gasteiger partial charge >= 0.3 is 0 Å². The van der Waals surface area contributed by atoms with Gasteiger partial charge in [0.25, 0.3) is 0 Å². The van der Waals surface area contributed by atoms with Gasteiger partial charge in [0.1, 0.15) is 6.61 Å². The van der Waals surface area contributed by atoms with Crippen LogP contribution >= 0.6 is 50.7 Å². The second kappa shape index (κ2) is 9.93. The summed E-state index contributed by atoms with van der Waals surface area (Å²) in [7, 11) is 0. The Morgan fingerprint density at radius 3 is 2.68 bits per heavy atom. The molecule has 0 heterocycles. The van der Waals surface area contributed by atoms with E-state index in [-0.39, 0.29) is 5.11 Å². The van der Waals surface area contributed by atoms with Crippen LogP contribution in [0.5, 0.6) is 11.5 Å². The summed E-state index contributed by atoms with van der Waals surface area (Å²) in [6, 6.07) is 11.8. The standard InChI is InChI=1S/C17H17BrIN3O2S/c1-2-23-15-8-12(9-21-22-17(20)25)7-14(19)16(15)24-10-11-3-5-13(18)6-4-11/h3-9H,2,10H2,1H3,(H3,20,22,25)/b21-9-. The molecule has 0 unspecified atom stereocenters. The first-order valence-electron chi connectivity index (χ1n) is 7.41. The van der Waals surface area contributed by atoms with Crippen molar-refractivity contribution in [2.75, 3.05) is 6.61 Å². The summed E-state index contributed by atoms with van der Waals surface area (Å²) < 4.78 is 13.7. The number of halogens is 2. The van der Waals surface area contributed by atoms with E-state index in [1.807, 2.05) is 43.3 Å². The van der Waals surface area contributed by atoms with Crippen LogP contribution in [-0.4, -0.2) is 17.9 Å². The van der Waals surface area contributed by atoms with Crippen molar-refractivity contribution in [2.45, 2.75) is 13.5 Å². The highest BCUT2D eigenvalue weighted by Gasteiger charge is 2.12. The van der Waals surface area contributed by atoms with Gasteiger partial charge in [-0.1, -0.05) is 28.1 Å². The molecular weight excluding hydrogens is 517 g/mol. The van der Waals surface area contributed by atoms with Crippen LogP contribution in [0.15, 0.2) is 46.0 Å². The van der Waals surface area contributed by atoms with E-state index in [4.69, 9.17) is 27.4 Å².